The maximum Gasteiger partial charge on any atom is 0.254 e. The predicted molar refractivity (Wildman–Crippen MR) is 109 cm³/mol. The third kappa shape index (κ3) is 3.63. The first kappa shape index (κ1) is 18.7. The number of amides is 1. The summed E-state index contributed by atoms with van der Waals surface area (Å²) in [7, 11) is 0. The van der Waals surface area contributed by atoms with E-state index in [2.05, 4.69) is 10.1 Å². The molecule has 154 valence electrons. The summed E-state index contributed by atoms with van der Waals surface area (Å²) in [6.45, 7) is 3.66. The number of hydrogen-bond donors (Lipinski definition) is 0. The number of piperidine rings is 1. The van der Waals surface area contributed by atoms with Crippen LogP contribution < -0.4 is 9.47 Å². The molecule has 1 atom stereocenters. The molecule has 0 aliphatic carbocycles. The first-order valence-corrected chi connectivity index (χ1v) is 10.2. The van der Waals surface area contributed by atoms with Gasteiger partial charge in [-0.25, -0.2) is 0 Å². The second kappa shape index (κ2) is 7.82. The number of aromatic nitrogens is 2. The zero-order chi connectivity index (χ0) is 20.5. The van der Waals surface area contributed by atoms with Gasteiger partial charge in [-0.3, -0.25) is 4.79 Å². The summed E-state index contributed by atoms with van der Waals surface area (Å²) >= 11 is 0. The molecule has 2 aliphatic rings. The number of hydrogen-bond acceptors (Lipinski definition) is 6. The monoisotopic (exact) mass is 405 g/mol. The molecule has 7 heteroatoms. The Kier molecular flexibility index (Phi) is 4.86. The van der Waals surface area contributed by atoms with Crippen molar-refractivity contribution in [3.63, 3.8) is 0 Å². The number of aryl methyl sites for hydroxylation is 1. The predicted octanol–water partition coefficient (Wildman–Crippen LogP) is 3.87. The van der Waals surface area contributed by atoms with E-state index in [9.17, 15) is 4.79 Å². The largest absolute Gasteiger partial charge is 0.454 e. The smallest absolute Gasteiger partial charge is 0.254 e. The lowest BCUT2D eigenvalue weighted by Gasteiger charge is -2.32. The maximum atomic E-state index is 13.0. The minimum atomic E-state index is 0.0177. The number of rotatable bonds is 4. The van der Waals surface area contributed by atoms with Crippen LogP contribution in [-0.4, -0.2) is 40.8 Å². The van der Waals surface area contributed by atoms with Gasteiger partial charge in [0.25, 0.3) is 5.91 Å². The van der Waals surface area contributed by atoms with Gasteiger partial charge in [0.2, 0.25) is 18.5 Å². The van der Waals surface area contributed by atoms with E-state index in [1.807, 2.05) is 36.1 Å². The van der Waals surface area contributed by atoms with Crippen molar-refractivity contribution in [1.82, 2.24) is 15.0 Å². The van der Waals surface area contributed by atoms with Gasteiger partial charge in [0, 0.05) is 30.6 Å². The molecule has 0 N–H and O–H groups in total. The van der Waals surface area contributed by atoms with Gasteiger partial charge in [-0.2, -0.15) is 4.98 Å². The number of carbonyl (C=O) groups is 1. The first-order chi connectivity index (χ1) is 14.7. The van der Waals surface area contributed by atoms with E-state index >= 15 is 0 Å². The summed E-state index contributed by atoms with van der Waals surface area (Å²) < 4.78 is 16.2. The summed E-state index contributed by atoms with van der Waals surface area (Å²) in [5, 5.41) is 4.16. The zero-order valence-corrected chi connectivity index (χ0v) is 16.8. The summed E-state index contributed by atoms with van der Waals surface area (Å²) in [5.74, 6) is 2.86. The van der Waals surface area contributed by atoms with Crippen molar-refractivity contribution in [3.8, 4) is 22.9 Å². The van der Waals surface area contributed by atoms with Gasteiger partial charge in [-0.1, -0.05) is 29.4 Å². The fraction of sp³-hybridized carbons (Fsp3) is 0.348. The van der Waals surface area contributed by atoms with Crippen molar-refractivity contribution < 1.29 is 18.8 Å². The molecular formula is C23H23N3O4. The topological polar surface area (TPSA) is 77.7 Å². The third-order valence-corrected chi connectivity index (χ3v) is 5.74. The Labute approximate surface area is 174 Å². The van der Waals surface area contributed by atoms with E-state index in [4.69, 9.17) is 14.0 Å². The van der Waals surface area contributed by atoms with Gasteiger partial charge in [0.15, 0.2) is 11.5 Å². The van der Waals surface area contributed by atoms with Crippen molar-refractivity contribution >= 4 is 5.91 Å². The molecule has 7 nitrogen and oxygen atoms in total. The van der Waals surface area contributed by atoms with Gasteiger partial charge in [-0.05, 0) is 49.4 Å². The van der Waals surface area contributed by atoms with Crippen molar-refractivity contribution in [2.45, 2.75) is 26.2 Å². The van der Waals surface area contributed by atoms with Crippen LogP contribution in [0.2, 0.25) is 0 Å². The zero-order valence-electron chi connectivity index (χ0n) is 16.8. The van der Waals surface area contributed by atoms with Gasteiger partial charge < -0.3 is 18.9 Å². The molecular weight excluding hydrogens is 382 g/mol. The van der Waals surface area contributed by atoms with Crippen LogP contribution >= 0.6 is 0 Å². The highest BCUT2D eigenvalue weighted by Gasteiger charge is 2.27. The number of fused-ring (bicyclic) bond motifs is 1. The van der Waals surface area contributed by atoms with Crippen molar-refractivity contribution in [1.29, 1.82) is 0 Å². The molecule has 1 unspecified atom stereocenters. The number of likely N-dealkylation sites (tertiary alicyclic amines) is 1. The average Bonchev–Trinajstić information content (AvgIpc) is 3.42. The lowest BCUT2D eigenvalue weighted by molar-refractivity contribution is 0.0667. The Morgan fingerprint density at radius 2 is 2.03 bits per heavy atom. The summed E-state index contributed by atoms with van der Waals surface area (Å²) in [4.78, 5) is 19.5. The second-order valence-electron chi connectivity index (χ2n) is 7.86. The summed E-state index contributed by atoms with van der Waals surface area (Å²) in [6, 6.07) is 13.4. The molecule has 1 amide bonds. The lowest BCUT2D eigenvalue weighted by Crippen LogP contribution is -2.40. The van der Waals surface area contributed by atoms with Crippen LogP contribution in [0.4, 0.5) is 0 Å². The number of carbonyl (C=O) groups excluding carboxylic acids is 1. The Hall–Kier alpha value is -3.35. The van der Waals surface area contributed by atoms with E-state index < -0.39 is 0 Å². The number of ether oxygens (including phenoxy) is 2. The molecule has 0 saturated carbocycles. The highest BCUT2D eigenvalue weighted by Crippen LogP contribution is 2.33. The highest BCUT2D eigenvalue weighted by molar-refractivity contribution is 5.95. The number of benzene rings is 2. The van der Waals surface area contributed by atoms with Crippen molar-refractivity contribution in [2.24, 2.45) is 5.92 Å². The molecule has 0 spiro atoms. The van der Waals surface area contributed by atoms with Crippen molar-refractivity contribution in [3.05, 3.63) is 59.5 Å². The molecule has 1 aromatic heterocycles. The molecule has 1 fully saturated rings. The Bertz CT molecular complexity index is 1080. The molecule has 0 bridgehead atoms. The summed E-state index contributed by atoms with van der Waals surface area (Å²) in [5.41, 5.74) is 2.72. The molecule has 30 heavy (non-hydrogen) atoms. The van der Waals surface area contributed by atoms with Crippen LogP contribution in [0, 0.1) is 12.8 Å². The SMILES string of the molecule is Cc1ccccc1-c1noc(CC2CCCN(C(=O)c3ccc4c(c3)OCO4)C2)n1. The minimum Gasteiger partial charge on any atom is -0.454 e. The molecule has 1 saturated heterocycles. The minimum absolute atomic E-state index is 0.0177. The van der Waals surface area contributed by atoms with E-state index in [1.54, 1.807) is 18.2 Å². The fourth-order valence-corrected chi connectivity index (χ4v) is 4.15. The normalized spacial score (nSPS) is 17.9. The summed E-state index contributed by atoms with van der Waals surface area (Å²) in [6.07, 6.45) is 2.66. The Morgan fingerprint density at radius 3 is 2.93 bits per heavy atom. The van der Waals surface area contributed by atoms with Crippen LogP contribution in [0.3, 0.4) is 0 Å². The quantitative estimate of drug-likeness (QED) is 0.656. The first-order valence-electron chi connectivity index (χ1n) is 10.2. The van der Waals surface area contributed by atoms with Gasteiger partial charge in [0.05, 0.1) is 0 Å². The Morgan fingerprint density at radius 1 is 1.17 bits per heavy atom. The van der Waals surface area contributed by atoms with Crippen LogP contribution in [0.5, 0.6) is 11.5 Å². The maximum absolute atomic E-state index is 13.0. The van der Waals surface area contributed by atoms with E-state index in [0.717, 1.165) is 30.5 Å². The van der Waals surface area contributed by atoms with Crippen LogP contribution in [0.15, 0.2) is 47.0 Å². The number of nitrogens with zero attached hydrogens (tertiary/aromatic N) is 3. The standard InChI is InChI=1S/C23H23N3O4/c1-15-5-2-3-7-18(15)22-24-21(30-25-22)11-16-6-4-10-26(13-16)23(27)17-8-9-19-20(12-17)29-14-28-19/h2-3,5,7-9,12,16H,4,6,10-11,13-14H2,1H3. The molecule has 2 aromatic carbocycles. The highest BCUT2D eigenvalue weighted by atomic mass is 16.7. The average molecular weight is 405 g/mol. The van der Waals surface area contributed by atoms with Crippen LogP contribution in [-0.2, 0) is 6.42 Å². The molecule has 0 radical (unpaired) electrons. The van der Waals surface area contributed by atoms with E-state index in [-0.39, 0.29) is 12.7 Å². The van der Waals surface area contributed by atoms with Crippen LogP contribution in [0.25, 0.3) is 11.4 Å². The fourth-order valence-electron chi connectivity index (χ4n) is 4.15. The molecule has 3 aromatic rings. The van der Waals surface area contributed by atoms with Crippen LogP contribution in [0.1, 0.15) is 34.7 Å². The second-order valence-corrected chi connectivity index (χ2v) is 7.86. The third-order valence-electron chi connectivity index (χ3n) is 5.74. The molecule has 2 aliphatic heterocycles. The van der Waals surface area contributed by atoms with E-state index in [1.165, 1.54) is 0 Å². The van der Waals surface area contributed by atoms with Gasteiger partial charge in [-0.15, -0.1) is 0 Å². The van der Waals surface area contributed by atoms with Gasteiger partial charge in [0.1, 0.15) is 0 Å². The lowest BCUT2D eigenvalue weighted by atomic mass is 9.94. The van der Waals surface area contributed by atoms with Crippen molar-refractivity contribution in [2.75, 3.05) is 19.9 Å². The molecule has 5 rings (SSSR count). The Balaban J connectivity index is 1.26. The molecule has 3 heterocycles. The van der Waals surface area contributed by atoms with E-state index in [0.29, 0.717) is 47.7 Å². The van der Waals surface area contributed by atoms with Gasteiger partial charge >= 0.3 is 0 Å².